The van der Waals surface area contributed by atoms with Crippen molar-refractivity contribution in [3.8, 4) is 0 Å². The largest absolute Gasteiger partial charge is 0.416 e. The molecule has 0 aliphatic carbocycles. The van der Waals surface area contributed by atoms with Gasteiger partial charge in [-0.2, -0.15) is 39.5 Å². The summed E-state index contributed by atoms with van der Waals surface area (Å²) >= 11 is 0. The molecule has 0 N–H and O–H groups in total. The van der Waals surface area contributed by atoms with Crippen LogP contribution in [0.4, 0.5) is 56.6 Å². The Bertz CT molecular complexity index is 2050. The highest BCUT2D eigenvalue weighted by Crippen LogP contribution is 2.36. The van der Waals surface area contributed by atoms with E-state index in [4.69, 9.17) is 0 Å². The molecule has 278 valence electrons. The van der Waals surface area contributed by atoms with Crippen molar-refractivity contribution in [1.82, 2.24) is 0 Å². The highest BCUT2D eigenvalue weighted by molar-refractivity contribution is 5.80. The fourth-order valence-electron chi connectivity index (χ4n) is 5.68. The molecular weight excluding hydrogens is 725 g/mol. The maximum Gasteiger partial charge on any atom is 0.416 e. The van der Waals surface area contributed by atoms with Gasteiger partial charge in [0.15, 0.2) is 0 Å². The normalized spacial score (nSPS) is 12.6. The second kappa shape index (κ2) is 16.0. The van der Waals surface area contributed by atoms with Crippen LogP contribution < -0.4 is 4.90 Å². The van der Waals surface area contributed by atoms with E-state index in [0.29, 0.717) is 16.7 Å². The summed E-state index contributed by atoms with van der Waals surface area (Å²) in [6.45, 7) is 0. The van der Waals surface area contributed by atoms with E-state index < -0.39 is 35.2 Å². The molecule has 0 bridgehead atoms. The third-order valence-electron chi connectivity index (χ3n) is 8.50. The first-order chi connectivity index (χ1) is 26.1. The van der Waals surface area contributed by atoms with Crippen molar-refractivity contribution in [2.45, 2.75) is 18.5 Å². The predicted molar refractivity (Wildman–Crippen MR) is 202 cm³/mol. The molecule has 0 heterocycles. The monoisotopic (exact) mass is 755 g/mol. The van der Waals surface area contributed by atoms with Crippen LogP contribution in [0.2, 0.25) is 0 Å². The van der Waals surface area contributed by atoms with Crippen molar-refractivity contribution in [2.24, 2.45) is 0 Å². The molecule has 0 atom stereocenters. The Kier molecular flexibility index (Phi) is 11.2. The summed E-state index contributed by atoms with van der Waals surface area (Å²) in [6.07, 6.45) is -3.45. The van der Waals surface area contributed by atoms with Crippen LogP contribution in [0.15, 0.2) is 146 Å². The summed E-state index contributed by atoms with van der Waals surface area (Å²) in [7, 11) is 0. The molecule has 6 aromatic carbocycles. The number of alkyl halides is 9. The van der Waals surface area contributed by atoms with E-state index in [0.717, 1.165) is 70.2 Å². The average Bonchev–Trinajstić information content (AvgIpc) is 3.16. The van der Waals surface area contributed by atoms with Gasteiger partial charge in [0, 0.05) is 17.1 Å². The van der Waals surface area contributed by atoms with Gasteiger partial charge in [0.25, 0.3) is 0 Å². The Balaban J connectivity index is 1.27. The molecule has 1 nitrogen and oxygen atoms in total. The molecule has 0 spiro atoms. The molecule has 0 aliphatic rings. The summed E-state index contributed by atoms with van der Waals surface area (Å²) in [5.74, 6) is 0. The Morgan fingerprint density at radius 1 is 0.291 bits per heavy atom. The van der Waals surface area contributed by atoms with Gasteiger partial charge in [-0.3, -0.25) is 0 Å². The molecule has 0 fully saturated rings. The van der Waals surface area contributed by atoms with Crippen LogP contribution in [0.25, 0.3) is 36.5 Å². The molecule has 0 aliphatic heterocycles. The Hall–Kier alpha value is -6.29. The third-order valence-corrected chi connectivity index (χ3v) is 8.50. The van der Waals surface area contributed by atoms with Gasteiger partial charge in [0.05, 0.1) is 16.7 Å². The lowest BCUT2D eigenvalue weighted by Gasteiger charge is -2.26. The zero-order chi connectivity index (χ0) is 39.2. The van der Waals surface area contributed by atoms with Crippen LogP contribution in [-0.2, 0) is 18.5 Å². The van der Waals surface area contributed by atoms with Crippen molar-refractivity contribution >= 4 is 53.5 Å². The molecule has 6 rings (SSSR count). The van der Waals surface area contributed by atoms with E-state index in [2.05, 4.69) is 0 Å². The van der Waals surface area contributed by atoms with Gasteiger partial charge in [0.1, 0.15) is 0 Å². The lowest BCUT2D eigenvalue weighted by atomic mass is 10.1. The summed E-state index contributed by atoms with van der Waals surface area (Å²) in [5, 5.41) is 0. The van der Waals surface area contributed by atoms with E-state index in [-0.39, 0.29) is 0 Å². The number of hydrogen-bond acceptors (Lipinski definition) is 1. The SMILES string of the molecule is FC(F)(F)c1cccc(/C=C/c2ccc(N(c3ccc(/C=C/c4cccc(C(F)(F)F)c4)cc3)c3ccc(/C=C/c4cccc(C(F)(F)F)c4)cc3)cc2)c1. The molecule has 0 saturated heterocycles. The van der Waals surface area contributed by atoms with E-state index in [1.54, 1.807) is 54.7 Å². The lowest BCUT2D eigenvalue weighted by Crippen LogP contribution is -2.09. The molecule has 0 aromatic heterocycles. The number of hydrogen-bond donors (Lipinski definition) is 0. The molecule has 55 heavy (non-hydrogen) atoms. The number of rotatable bonds is 9. The van der Waals surface area contributed by atoms with Crippen LogP contribution in [0.5, 0.6) is 0 Å². The van der Waals surface area contributed by atoms with E-state index in [9.17, 15) is 39.5 Å². The minimum Gasteiger partial charge on any atom is -0.311 e. The molecule has 0 saturated carbocycles. The van der Waals surface area contributed by atoms with E-state index >= 15 is 0 Å². The highest BCUT2D eigenvalue weighted by Gasteiger charge is 2.31. The molecule has 0 unspecified atom stereocenters. The first kappa shape index (κ1) is 38.4. The van der Waals surface area contributed by atoms with Gasteiger partial charge >= 0.3 is 18.5 Å². The smallest absolute Gasteiger partial charge is 0.311 e. The summed E-state index contributed by atoms with van der Waals surface area (Å²) in [4.78, 5) is 1.96. The van der Waals surface area contributed by atoms with Crippen LogP contribution in [0, 0.1) is 0 Å². The molecule has 0 radical (unpaired) electrons. The summed E-state index contributed by atoms with van der Waals surface area (Å²) in [5.41, 5.74) is 3.42. The summed E-state index contributed by atoms with van der Waals surface area (Å²) < 4.78 is 119. The zero-order valence-corrected chi connectivity index (χ0v) is 28.7. The molecule has 10 heteroatoms. The van der Waals surface area contributed by atoms with Crippen molar-refractivity contribution < 1.29 is 39.5 Å². The topological polar surface area (TPSA) is 3.24 Å². The van der Waals surface area contributed by atoms with Crippen molar-refractivity contribution in [1.29, 1.82) is 0 Å². The van der Waals surface area contributed by atoms with Crippen LogP contribution in [0.3, 0.4) is 0 Å². The lowest BCUT2D eigenvalue weighted by molar-refractivity contribution is -0.138. The van der Waals surface area contributed by atoms with Gasteiger partial charge in [0.2, 0.25) is 0 Å². The zero-order valence-electron chi connectivity index (χ0n) is 28.7. The second-order valence-electron chi connectivity index (χ2n) is 12.5. The third kappa shape index (κ3) is 10.2. The highest BCUT2D eigenvalue weighted by atomic mass is 19.4. The Morgan fingerprint density at radius 3 is 0.764 bits per heavy atom. The van der Waals surface area contributed by atoms with Crippen LogP contribution >= 0.6 is 0 Å². The van der Waals surface area contributed by atoms with Crippen molar-refractivity contribution in [3.63, 3.8) is 0 Å². The fraction of sp³-hybridized carbons (Fsp3) is 0.0667. The van der Waals surface area contributed by atoms with Gasteiger partial charge in [-0.1, -0.05) is 109 Å². The second-order valence-corrected chi connectivity index (χ2v) is 12.5. The van der Waals surface area contributed by atoms with Gasteiger partial charge < -0.3 is 4.90 Å². The number of nitrogens with zero attached hydrogens (tertiary/aromatic N) is 1. The van der Waals surface area contributed by atoms with Gasteiger partial charge in [-0.05, 0) is 106 Å². The average molecular weight is 756 g/mol. The van der Waals surface area contributed by atoms with Crippen LogP contribution in [0.1, 0.15) is 50.1 Å². The number of benzene rings is 6. The maximum atomic E-state index is 13.2. The number of anilines is 3. The molecule has 0 amide bonds. The predicted octanol–water partition coefficient (Wildman–Crippen LogP) is 14.7. The van der Waals surface area contributed by atoms with Gasteiger partial charge in [-0.15, -0.1) is 0 Å². The fourth-order valence-corrected chi connectivity index (χ4v) is 5.68. The summed E-state index contributed by atoms with van der Waals surface area (Å²) in [6, 6.07) is 37.1. The number of halogens is 9. The first-order valence-electron chi connectivity index (χ1n) is 16.8. The Morgan fingerprint density at radius 2 is 0.527 bits per heavy atom. The van der Waals surface area contributed by atoms with Crippen LogP contribution in [-0.4, -0.2) is 0 Å². The molecule has 6 aromatic rings. The van der Waals surface area contributed by atoms with Gasteiger partial charge in [-0.25, -0.2) is 0 Å². The standard InChI is InChI=1S/C45H30F9N/c46-43(47,48)37-7-1-4-34(28-37)13-10-31-16-22-40(23-17-31)55(41-24-18-32(19-25-41)11-14-35-5-2-8-38(29-35)44(49,50)51)42-26-20-33(21-27-42)12-15-36-6-3-9-39(30-36)45(52,53)54/h1-30H/b13-10+,14-11+,15-12+. The maximum absolute atomic E-state index is 13.2. The Labute approximate surface area is 311 Å². The van der Waals surface area contributed by atoms with E-state index in [1.807, 2.05) is 77.7 Å². The van der Waals surface area contributed by atoms with Crippen molar-refractivity contribution in [3.05, 3.63) is 196 Å². The quantitative estimate of drug-likeness (QED) is 0.105. The van der Waals surface area contributed by atoms with E-state index in [1.165, 1.54) is 18.2 Å². The minimum absolute atomic E-state index is 0.393. The van der Waals surface area contributed by atoms with Crippen molar-refractivity contribution in [2.75, 3.05) is 4.90 Å². The first-order valence-corrected chi connectivity index (χ1v) is 16.8. The molecular formula is C45H30F9N. The minimum atomic E-state index is -4.46.